The van der Waals surface area contributed by atoms with Crippen molar-refractivity contribution in [1.29, 1.82) is 0 Å². The van der Waals surface area contributed by atoms with Crippen molar-refractivity contribution >= 4 is 17.9 Å². The first-order valence-corrected chi connectivity index (χ1v) is 11.4. The Labute approximate surface area is 200 Å². The van der Waals surface area contributed by atoms with Gasteiger partial charge in [-0.25, -0.2) is 14.0 Å². The highest BCUT2D eigenvalue weighted by Gasteiger charge is 2.22. The van der Waals surface area contributed by atoms with Gasteiger partial charge >= 0.3 is 17.9 Å². The number of halogens is 1. The molecule has 0 aromatic heterocycles. The minimum Gasteiger partial charge on any atom is -0.465 e. The fraction of sp³-hybridized carbons (Fsp3) is 0.444. The Kier molecular flexibility index (Phi) is 10.2. The Morgan fingerprint density at radius 2 is 1.59 bits per heavy atom. The third kappa shape index (κ3) is 8.28. The van der Waals surface area contributed by atoms with Crippen LogP contribution in [-0.2, 0) is 28.6 Å². The van der Waals surface area contributed by atoms with E-state index in [-0.39, 0.29) is 42.9 Å². The molecule has 0 N–H and O–H groups in total. The number of hydrogen-bond acceptors (Lipinski definition) is 6. The smallest absolute Gasteiger partial charge is 0.338 e. The molecule has 184 valence electrons. The summed E-state index contributed by atoms with van der Waals surface area (Å²) in [5.74, 6) is -2.07. The molecule has 34 heavy (non-hydrogen) atoms. The summed E-state index contributed by atoms with van der Waals surface area (Å²) in [6.07, 6.45) is 8.67. The summed E-state index contributed by atoms with van der Waals surface area (Å²) < 4.78 is 30.1. The number of ether oxygens (including phenoxy) is 3. The Hall–Kier alpha value is -3.22. The molecule has 0 bridgehead atoms. The van der Waals surface area contributed by atoms with Crippen molar-refractivity contribution in [2.24, 2.45) is 5.92 Å². The van der Waals surface area contributed by atoms with E-state index in [0.717, 1.165) is 29.6 Å². The first kappa shape index (κ1) is 27.0. The molecule has 7 heteroatoms. The fourth-order valence-electron chi connectivity index (χ4n) is 3.51. The quantitative estimate of drug-likeness (QED) is 0.217. The van der Waals surface area contributed by atoms with E-state index in [4.69, 9.17) is 14.2 Å². The van der Waals surface area contributed by atoms with Gasteiger partial charge in [0, 0.05) is 29.9 Å². The Morgan fingerprint density at radius 1 is 0.941 bits per heavy atom. The van der Waals surface area contributed by atoms with Crippen LogP contribution < -0.4 is 0 Å². The summed E-state index contributed by atoms with van der Waals surface area (Å²) >= 11 is 0. The van der Waals surface area contributed by atoms with Crippen LogP contribution in [0.2, 0.25) is 0 Å². The van der Waals surface area contributed by atoms with Crippen LogP contribution in [0.3, 0.4) is 0 Å². The summed E-state index contributed by atoms with van der Waals surface area (Å²) in [6, 6.07) is 0. The number of hydrogen-bond donors (Lipinski definition) is 0. The minimum atomic E-state index is -0.625. The molecule has 0 fully saturated rings. The molecule has 0 amide bonds. The number of rotatable bonds is 11. The highest BCUT2D eigenvalue weighted by molar-refractivity contribution is 5.88. The van der Waals surface area contributed by atoms with E-state index in [9.17, 15) is 18.8 Å². The van der Waals surface area contributed by atoms with Gasteiger partial charge in [0.05, 0.1) is 13.2 Å². The molecule has 2 aliphatic rings. The van der Waals surface area contributed by atoms with Crippen molar-refractivity contribution in [3.8, 4) is 0 Å². The standard InChI is InChI=1S/C27H33FO6/c1-6-25(29)32-15-20(16-33-26(30)17(2)3)13-19-7-9-21(10-8-19)22-11-12-24(23(28)14-22)34-27(31)18(4)5/h7,9,14,20H,2,4,6,8,10-13,15-16H2,1,3,5H3. The van der Waals surface area contributed by atoms with Gasteiger partial charge in [-0.3, -0.25) is 4.79 Å². The number of carbonyl (C=O) groups is 3. The first-order valence-electron chi connectivity index (χ1n) is 11.4. The molecule has 1 unspecified atom stereocenters. The Morgan fingerprint density at radius 3 is 2.15 bits per heavy atom. The van der Waals surface area contributed by atoms with Crippen molar-refractivity contribution in [3.63, 3.8) is 0 Å². The van der Waals surface area contributed by atoms with E-state index >= 15 is 0 Å². The van der Waals surface area contributed by atoms with Crippen molar-refractivity contribution in [1.82, 2.24) is 0 Å². The summed E-state index contributed by atoms with van der Waals surface area (Å²) in [5.41, 5.74) is 3.59. The Balaban J connectivity index is 2.05. The van der Waals surface area contributed by atoms with Gasteiger partial charge in [0.15, 0.2) is 5.83 Å². The first-order chi connectivity index (χ1) is 16.1. The van der Waals surface area contributed by atoms with Crippen molar-refractivity contribution in [2.75, 3.05) is 13.2 Å². The zero-order valence-electron chi connectivity index (χ0n) is 20.2. The predicted octanol–water partition coefficient (Wildman–Crippen LogP) is 5.73. The summed E-state index contributed by atoms with van der Waals surface area (Å²) in [6.45, 7) is 12.2. The number of carbonyl (C=O) groups excluding carboxylic acids is 3. The van der Waals surface area contributed by atoms with Crippen LogP contribution in [0.5, 0.6) is 0 Å². The summed E-state index contributed by atoms with van der Waals surface area (Å²) in [5, 5.41) is 0. The Bertz CT molecular complexity index is 979. The molecule has 0 radical (unpaired) electrons. The van der Waals surface area contributed by atoms with E-state index in [1.807, 2.05) is 12.2 Å². The van der Waals surface area contributed by atoms with Crippen LogP contribution in [0, 0.1) is 5.92 Å². The van der Waals surface area contributed by atoms with Gasteiger partial charge in [-0.15, -0.1) is 0 Å². The van der Waals surface area contributed by atoms with Crippen LogP contribution in [0.1, 0.15) is 59.3 Å². The van der Waals surface area contributed by atoms with Crippen LogP contribution in [0.15, 0.2) is 70.8 Å². The second-order valence-electron chi connectivity index (χ2n) is 8.61. The zero-order chi connectivity index (χ0) is 25.3. The normalized spacial score (nSPS) is 16.5. The largest absolute Gasteiger partial charge is 0.465 e. The van der Waals surface area contributed by atoms with Crippen LogP contribution in [-0.4, -0.2) is 31.1 Å². The lowest BCUT2D eigenvalue weighted by molar-refractivity contribution is -0.147. The minimum absolute atomic E-state index is 0.0400. The molecule has 0 aliphatic heterocycles. The number of allylic oxidation sites excluding steroid dienone is 8. The molecule has 0 aromatic rings. The molecular formula is C27H33FO6. The van der Waals surface area contributed by atoms with Gasteiger partial charge in [-0.05, 0) is 56.8 Å². The third-order valence-electron chi connectivity index (χ3n) is 5.52. The van der Waals surface area contributed by atoms with Crippen LogP contribution >= 0.6 is 0 Å². The van der Waals surface area contributed by atoms with Gasteiger partial charge in [-0.1, -0.05) is 37.8 Å². The molecule has 2 aliphatic carbocycles. The average Bonchev–Trinajstić information content (AvgIpc) is 2.81. The van der Waals surface area contributed by atoms with E-state index in [1.165, 1.54) is 13.0 Å². The summed E-state index contributed by atoms with van der Waals surface area (Å²) in [7, 11) is 0. The molecule has 1 atom stereocenters. The molecule has 0 saturated carbocycles. The lowest BCUT2D eigenvalue weighted by atomic mass is 9.86. The average molecular weight is 473 g/mol. The van der Waals surface area contributed by atoms with Gasteiger partial charge in [0.1, 0.15) is 5.76 Å². The summed E-state index contributed by atoms with van der Waals surface area (Å²) in [4.78, 5) is 35.0. The fourth-order valence-corrected chi connectivity index (χ4v) is 3.51. The van der Waals surface area contributed by atoms with Crippen LogP contribution in [0.4, 0.5) is 4.39 Å². The zero-order valence-corrected chi connectivity index (χ0v) is 20.2. The SMILES string of the molecule is C=C(C)C(=O)OCC(COC(=O)CC)CC1=CC=C(C2=CC(F)=C(OC(=O)C(=C)C)CC2)CC1. The van der Waals surface area contributed by atoms with E-state index in [1.54, 1.807) is 13.8 Å². The maximum atomic E-state index is 14.5. The maximum absolute atomic E-state index is 14.5. The maximum Gasteiger partial charge on any atom is 0.338 e. The van der Waals surface area contributed by atoms with Crippen molar-refractivity contribution < 1.29 is 33.0 Å². The third-order valence-corrected chi connectivity index (χ3v) is 5.52. The van der Waals surface area contributed by atoms with Gasteiger partial charge in [0.2, 0.25) is 0 Å². The molecule has 0 spiro atoms. The molecule has 0 saturated heterocycles. The monoisotopic (exact) mass is 472 g/mol. The lowest BCUT2D eigenvalue weighted by Gasteiger charge is -2.23. The second-order valence-corrected chi connectivity index (χ2v) is 8.61. The number of esters is 3. The van der Waals surface area contributed by atoms with Gasteiger partial charge in [0.25, 0.3) is 0 Å². The highest BCUT2D eigenvalue weighted by atomic mass is 19.1. The highest BCUT2D eigenvalue weighted by Crippen LogP contribution is 2.35. The van der Waals surface area contributed by atoms with E-state index in [0.29, 0.717) is 24.8 Å². The second kappa shape index (κ2) is 12.9. The molecule has 0 heterocycles. The predicted molar refractivity (Wildman–Crippen MR) is 127 cm³/mol. The molecular weight excluding hydrogens is 439 g/mol. The van der Waals surface area contributed by atoms with E-state index in [2.05, 4.69) is 13.2 Å². The molecule has 2 rings (SSSR count). The molecule has 0 aromatic carbocycles. The molecule has 6 nitrogen and oxygen atoms in total. The van der Waals surface area contributed by atoms with Gasteiger partial charge in [-0.2, -0.15) is 0 Å². The lowest BCUT2D eigenvalue weighted by Crippen LogP contribution is -2.22. The van der Waals surface area contributed by atoms with Crippen molar-refractivity contribution in [3.05, 3.63) is 70.8 Å². The van der Waals surface area contributed by atoms with Crippen LogP contribution in [0.25, 0.3) is 0 Å². The topological polar surface area (TPSA) is 78.9 Å². The van der Waals surface area contributed by atoms with Crippen molar-refractivity contribution in [2.45, 2.75) is 59.3 Å². The van der Waals surface area contributed by atoms with Gasteiger partial charge < -0.3 is 14.2 Å². The van der Waals surface area contributed by atoms with E-state index < -0.39 is 17.8 Å².